The molecule has 26 heavy (non-hydrogen) atoms. The zero-order chi connectivity index (χ0) is 18.9. The third-order valence-electron chi connectivity index (χ3n) is 5.50. The Hall–Kier alpha value is -0.700. The third kappa shape index (κ3) is 11.8. The normalized spacial score (nSPS) is 17.7. The molecular formula is C23H44O3. The minimum Gasteiger partial charge on any atom is -0.459 e. The lowest BCUT2D eigenvalue weighted by atomic mass is 9.91. The maximum absolute atomic E-state index is 9.15. The van der Waals surface area contributed by atoms with Crippen LogP contribution >= 0.6 is 0 Å². The van der Waals surface area contributed by atoms with E-state index in [1.165, 1.54) is 96.3 Å². The average molecular weight is 369 g/mol. The minimum atomic E-state index is -0.174. The average Bonchev–Trinajstić information content (AvgIpc) is 3.11. The van der Waals surface area contributed by atoms with Crippen LogP contribution in [0.5, 0.6) is 0 Å². The van der Waals surface area contributed by atoms with E-state index in [0.717, 1.165) is 6.42 Å². The highest BCUT2D eigenvalue weighted by atomic mass is 16.7. The molecule has 0 amide bonds. The van der Waals surface area contributed by atoms with Crippen LogP contribution in [0.3, 0.4) is 0 Å². The Morgan fingerprint density at radius 3 is 1.77 bits per heavy atom. The molecule has 0 aromatic heterocycles. The Labute approximate surface area is 162 Å². The number of hydrogen-bond donors (Lipinski definition) is 1. The topological polar surface area (TPSA) is 38.7 Å². The molecule has 0 radical (unpaired) electrons. The van der Waals surface area contributed by atoms with E-state index in [1.807, 2.05) is 0 Å². The molecule has 0 spiro atoms. The van der Waals surface area contributed by atoms with Crippen molar-refractivity contribution < 1.29 is 14.6 Å². The predicted molar refractivity (Wildman–Crippen MR) is 110 cm³/mol. The summed E-state index contributed by atoms with van der Waals surface area (Å²) in [5, 5.41) is 9.15. The van der Waals surface area contributed by atoms with Crippen LogP contribution in [-0.2, 0) is 9.47 Å². The summed E-state index contributed by atoms with van der Waals surface area (Å²) in [7, 11) is 0. The highest BCUT2D eigenvalue weighted by Gasteiger charge is 2.23. The van der Waals surface area contributed by atoms with Crippen LogP contribution in [0.2, 0.25) is 0 Å². The fourth-order valence-corrected chi connectivity index (χ4v) is 3.81. The van der Waals surface area contributed by atoms with Gasteiger partial charge in [0.2, 0.25) is 6.29 Å². The summed E-state index contributed by atoms with van der Waals surface area (Å²) in [6.07, 6.45) is 22.7. The highest BCUT2D eigenvalue weighted by Crippen LogP contribution is 2.27. The first-order valence-electron chi connectivity index (χ1n) is 11.4. The van der Waals surface area contributed by atoms with E-state index in [2.05, 4.69) is 13.8 Å². The SMILES string of the molecule is CCCCCCCCCC(CCCCCCCC)CC1OC=C(CO)O1. The van der Waals surface area contributed by atoms with E-state index in [-0.39, 0.29) is 12.9 Å². The van der Waals surface area contributed by atoms with Gasteiger partial charge in [-0.15, -0.1) is 0 Å². The van der Waals surface area contributed by atoms with Gasteiger partial charge in [0, 0.05) is 6.42 Å². The van der Waals surface area contributed by atoms with Crippen LogP contribution < -0.4 is 0 Å². The van der Waals surface area contributed by atoms with Gasteiger partial charge in [0.25, 0.3) is 0 Å². The summed E-state index contributed by atoms with van der Waals surface area (Å²) < 4.78 is 11.2. The Morgan fingerprint density at radius 1 is 0.808 bits per heavy atom. The molecule has 3 nitrogen and oxygen atoms in total. The summed E-state index contributed by atoms with van der Waals surface area (Å²) >= 11 is 0. The number of aliphatic hydroxyl groups excluding tert-OH is 1. The standard InChI is InChI=1S/C23H44O3/c1-3-5-7-9-11-13-15-17-21(16-14-12-10-8-6-4-2)18-23-25-20-22(19-24)26-23/h20-21,23-24H,3-19H2,1-2H3. The zero-order valence-corrected chi connectivity index (χ0v) is 17.5. The van der Waals surface area contributed by atoms with Crippen LogP contribution in [0, 0.1) is 5.92 Å². The van der Waals surface area contributed by atoms with Crippen molar-refractivity contribution in [2.45, 2.75) is 123 Å². The van der Waals surface area contributed by atoms with Crippen molar-refractivity contribution >= 4 is 0 Å². The Kier molecular flexibility index (Phi) is 14.8. The second-order valence-corrected chi connectivity index (χ2v) is 7.99. The Balaban J connectivity index is 2.19. The van der Waals surface area contributed by atoms with Crippen molar-refractivity contribution in [1.29, 1.82) is 0 Å². The van der Waals surface area contributed by atoms with E-state index in [0.29, 0.717) is 11.7 Å². The Morgan fingerprint density at radius 2 is 1.31 bits per heavy atom. The van der Waals surface area contributed by atoms with Gasteiger partial charge in [0.15, 0.2) is 5.76 Å². The second-order valence-electron chi connectivity index (χ2n) is 7.99. The lowest BCUT2D eigenvalue weighted by molar-refractivity contribution is -0.0538. The summed E-state index contributed by atoms with van der Waals surface area (Å²) in [5.74, 6) is 1.26. The quantitative estimate of drug-likeness (QED) is 0.262. The molecule has 154 valence electrons. The summed E-state index contributed by atoms with van der Waals surface area (Å²) in [4.78, 5) is 0. The van der Waals surface area contributed by atoms with E-state index >= 15 is 0 Å². The number of hydrogen-bond acceptors (Lipinski definition) is 3. The molecule has 0 aliphatic carbocycles. The van der Waals surface area contributed by atoms with Gasteiger partial charge in [-0.05, 0) is 5.92 Å². The molecule has 1 N–H and O–H groups in total. The highest BCUT2D eigenvalue weighted by molar-refractivity contribution is 4.92. The van der Waals surface area contributed by atoms with Crippen molar-refractivity contribution in [1.82, 2.24) is 0 Å². The molecule has 0 aromatic carbocycles. The van der Waals surface area contributed by atoms with Crippen molar-refractivity contribution in [3.63, 3.8) is 0 Å². The van der Waals surface area contributed by atoms with Gasteiger partial charge in [-0.2, -0.15) is 0 Å². The number of rotatable bonds is 18. The molecule has 0 saturated carbocycles. The van der Waals surface area contributed by atoms with E-state index in [9.17, 15) is 0 Å². The van der Waals surface area contributed by atoms with Gasteiger partial charge in [0.1, 0.15) is 12.9 Å². The molecule has 0 fully saturated rings. The third-order valence-corrected chi connectivity index (χ3v) is 5.50. The largest absolute Gasteiger partial charge is 0.459 e. The van der Waals surface area contributed by atoms with Crippen LogP contribution in [0.4, 0.5) is 0 Å². The van der Waals surface area contributed by atoms with Gasteiger partial charge >= 0.3 is 0 Å². The van der Waals surface area contributed by atoms with Crippen molar-refractivity contribution in [3.05, 3.63) is 12.0 Å². The van der Waals surface area contributed by atoms with Gasteiger partial charge < -0.3 is 14.6 Å². The first kappa shape index (κ1) is 23.3. The van der Waals surface area contributed by atoms with Crippen LogP contribution in [0.25, 0.3) is 0 Å². The van der Waals surface area contributed by atoms with Gasteiger partial charge in [-0.3, -0.25) is 0 Å². The summed E-state index contributed by atoms with van der Waals surface area (Å²) in [6, 6.07) is 0. The lowest BCUT2D eigenvalue weighted by Crippen LogP contribution is -2.16. The summed E-state index contributed by atoms with van der Waals surface area (Å²) in [5.41, 5.74) is 0. The van der Waals surface area contributed by atoms with Gasteiger partial charge in [0.05, 0.1) is 0 Å². The molecule has 1 rings (SSSR count). The van der Waals surface area contributed by atoms with Gasteiger partial charge in [-0.1, -0.05) is 110 Å². The predicted octanol–water partition coefficient (Wildman–Crippen LogP) is 7.09. The number of aliphatic hydroxyl groups is 1. The van der Waals surface area contributed by atoms with Crippen molar-refractivity contribution in [2.75, 3.05) is 6.61 Å². The fraction of sp³-hybridized carbons (Fsp3) is 0.913. The molecule has 0 aromatic rings. The molecular weight excluding hydrogens is 324 g/mol. The van der Waals surface area contributed by atoms with Crippen LogP contribution in [0.1, 0.15) is 117 Å². The molecule has 0 saturated heterocycles. The maximum atomic E-state index is 9.15. The Bertz CT molecular complexity index is 340. The summed E-state index contributed by atoms with van der Waals surface area (Å²) in [6.45, 7) is 4.49. The molecule has 1 heterocycles. The van der Waals surface area contributed by atoms with E-state index in [4.69, 9.17) is 14.6 Å². The van der Waals surface area contributed by atoms with E-state index < -0.39 is 0 Å². The minimum absolute atomic E-state index is 0.0592. The van der Waals surface area contributed by atoms with Crippen LogP contribution in [-0.4, -0.2) is 18.0 Å². The molecule has 1 aliphatic rings. The van der Waals surface area contributed by atoms with Gasteiger partial charge in [-0.25, -0.2) is 0 Å². The molecule has 1 aliphatic heterocycles. The van der Waals surface area contributed by atoms with Crippen LogP contribution in [0.15, 0.2) is 12.0 Å². The lowest BCUT2D eigenvalue weighted by Gasteiger charge is -2.20. The number of ether oxygens (including phenoxy) is 2. The molecule has 0 bridgehead atoms. The molecule has 3 heteroatoms. The zero-order valence-electron chi connectivity index (χ0n) is 17.5. The maximum Gasteiger partial charge on any atom is 0.240 e. The monoisotopic (exact) mass is 368 g/mol. The molecule has 2 atom stereocenters. The van der Waals surface area contributed by atoms with E-state index in [1.54, 1.807) is 6.26 Å². The van der Waals surface area contributed by atoms with Crippen molar-refractivity contribution in [2.24, 2.45) is 5.92 Å². The second kappa shape index (κ2) is 16.5. The fourth-order valence-electron chi connectivity index (χ4n) is 3.81. The smallest absolute Gasteiger partial charge is 0.240 e. The molecule has 2 unspecified atom stereocenters. The first-order chi connectivity index (χ1) is 12.8. The first-order valence-corrected chi connectivity index (χ1v) is 11.4. The number of unbranched alkanes of at least 4 members (excludes halogenated alkanes) is 11. The van der Waals surface area contributed by atoms with Crippen molar-refractivity contribution in [3.8, 4) is 0 Å².